The minimum atomic E-state index is -1.19. The number of amides is 1. The molecule has 0 aliphatic carbocycles. The molecule has 0 atom stereocenters. The molecule has 1 amide bonds. The molecule has 112 valence electrons. The minimum Gasteiger partial charge on any atom is -0.451 e. The average molecular weight is 301 g/mol. The zero-order valence-corrected chi connectivity index (χ0v) is 11.5. The van der Waals surface area contributed by atoms with Gasteiger partial charge in [-0.1, -0.05) is 6.58 Å². The zero-order chi connectivity index (χ0) is 15.9. The van der Waals surface area contributed by atoms with E-state index in [1.807, 2.05) is 0 Å². The van der Waals surface area contributed by atoms with Crippen molar-refractivity contribution in [2.45, 2.75) is 0 Å². The van der Waals surface area contributed by atoms with Crippen LogP contribution in [0, 0.1) is 0 Å². The van der Waals surface area contributed by atoms with Gasteiger partial charge in [0.05, 0.1) is 11.4 Å². The monoisotopic (exact) mass is 301 g/mol. The van der Waals surface area contributed by atoms with Gasteiger partial charge in [0.1, 0.15) is 12.4 Å². The SMILES string of the molecule is C=C(F)COC(=O)C(=O)N(c1ccncc1)c1ccncc1. The van der Waals surface area contributed by atoms with E-state index in [2.05, 4.69) is 21.3 Å². The van der Waals surface area contributed by atoms with Crippen molar-refractivity contribution in [3.05, 3.63) is 61.5 Å². The van der Waals surface area contributed by atoms with E-state index >= 15 is 0 Å². The summed E-state index contributed by atoms with van der Waals surface area (Å²) in [5, 5.41) is 0. The second kappa shape index (κ2) is 7.07. The van der Waals surface area contributed by atoms with Crippen LogP contribution in [0.4, 0.5) is 15.8 Å². The molecule has 2 heterocycles. The number of aromatic nitrogens is 2. The van der Waals surface area contributed by atoms with E-state index in [0.29, 0.717) is 11.4 Å². The molecule has 0 saturated heterocycles. The van der Waals surface area contributed by atoms with Gasteiger partial charge in [0.25, 0.3) is 0 Å². The van der Waals surface area contributed by atoms with Crippen LogP contribution in [0.5, 0.6) is 0 Å². The Morgan fingerprint density at radius 2 is 1.50 bits per heavy atom. The van der Waals surface area contributed by atoms with Crippen LogP contribution in [0.25, 0.3) is 0 Å². The van der Waals surface area contributed by atoms with Crippen molar-refractivity contribution in [3.8, 4) is 0 Å². The van der Waals surface area contributed by atoms with Crippen molar-refractivity contribution in [2.75, 3.05) is 11.5 Å². The van der Waals surface area contributed by atoms with Gasteiger partial charge < -0.3 is 4.74 Å². The first-order valence-electron chi connectivity index (χ1n) is 6.24. The molecule has 0 fully saturated rings. The quantitative estimate of drug-likeness (QED) is 0.639. The first-order valence-corrected chi connectivity index (χ1v) is 6.24. The summed E-state index contributed by atoms with van der Waals surface area (Å²) >= 11 is 0. The fourth-order valence-electron chi connectivity index (χ4n) is 1.67. The molecule has 7 heteroatoms. The molecule has 0 aromatic carbocycles. The van der Waals surface area contributed by atoms with E-state index in [-0.39, 0.29) is 0 Å². The average Bonchev–Trinajstić information content (AvgIpc) is 2.54. The fourth-order valence-corrected chi connectivity index (χ4v) is 1.67. The summed E-state index contributed by atoms with van der Waals surface area (Å²) in [6.07, 6.45) is 5.91. The summed E-state index contributed by atoms with van der Waals surface area (Å²) in [4.78, 5) is 32.9. The van der Waals surface area contributed by atoms with Gasteiger partial charge in [0.15, 0.2) is 0 Å². The lowest BCUT2D eigenvalue weighted by Crippen LogP contribution is -2.34. The van der Waals surface area contributed by atoms with E-state index in [4.69, 9.17) is 0 Å². The lowest BCUT2D eigenvalue weighted by atomic mass is 10.3. The number of halogens is 1. The summed E-state index contributed by atoms with van der Waals surface area (Å²) in [6, 6.07) is 6.22. The highest BCUT2D eigenvalue weighted by Gasteiger charge is 2.26. The molecule has 0 aliphatic rings. The molecule has 2 rings (SSSR count). The minimum absolute atomic E-state index is 0.419. The smallest absolute Gasteiger partial charge is 0.398 e. The van der Waals surface area contributed by atoms with E-state index in [0.717, 1.165) is 4.90 Å². The van der Waals surface area contributed by atoms with Crippen LogP contribution in [-0.4, -0.2) is 28.5 Å². The van der Waals surface area contributed by atoms with Gasteiger partial charge in [-0.15, -0.1) is 0 Å². The standard InChI is InChI=1S/C15H12FN3O3/c1-11(16)10-22-15(21)14(20)19(12-2-6-17-7-3-12)13-4-8-18-9-5-13/h2-9H,1,10H2. The zero-order valence-electron chi connectivity index (χ0n) is 11.5. The van der Waals surface area contributed by atoms with E-state index in [9.17, 15) is 14.0 Å². The van der Waals surface area contributed by atoms with Crippen LogP contribution in [0.2, 0.25) is 0 Å². The predicted molar refractivity (Wildman–Crippen MR) is 76.8 cm³/mol. The van der Waals surface area contributed by atoms with E-state index < -0.39 is 24.3 Å². The Morgan fingerprint density at radius 3 is 1.91 bits per heavy atom. The highest BCUT2D eigenvalue weighted by molar-refractivity contribution is 6.39. The highest BCUT2D eigenvalue weighted by Crippen LogP contribution is 2.24. The van der Waals surface area contributed by atoms with Crippen LogP contribution in [0.15, 0.2) is 61.5 Å². The van der Waals surface area contributed by atoms with Crippen molar-refractivity contribution in [2.24, 2.45) is 0 Å². The normalized spacial score (nSPS) is 9.86. The molecule has 0 bridgehead atoms. The van der Waals surface area contributed by atoms with Crippen LogP contribution in [0.1, 0.15) is 0 Å². The third-order valence-electron chi connectivity index (χ3n) is 2.58. The van der Waals surface area contributed by atoms with Gasteiger partial charge in [0, 0.05) is 24.8 Å². The van der Waals surface area contributed by atoms with Crippen molar-refractivity contribution >= 4 is 23.3 Å². The number of hydrogen-bond acceptors (Lipinski definition) is 5. The molecular weight excluding hydrogens is 289 g/mol. The molecule has 2 aromatic rings. The fraction of sp³-hybridized carbons (Fsp3) is 0.0667. The van der Waals surface area contributed by atoms with E-state index in [1.54, 1.807) is 24.3 Å². The molecule has 6 nitrogen and oxygen atoms in total. The summed E-state index contributed by atoms with van der Waals surface area (Å²) in [5.74, 6) is -2.99. The number of carbonyl (C=O) groups excluding carboxylic acids is 2. The number of esters is 1. The van der Waals surface area contributed by atoms with Gasteiger partial charge in [0.2, 0.25) is 0 Å². The Hall–Kier alpha value is -3.09. The third-order valence-corrected chi connectivity index (χ3v) is 2.58. The molecule has 0 radical (unpaired) electrons. The van der Waals surface area contributed by atoms with Gasteiger partial charge in [-0.3, -0.25) is 19.7 Å². The van der Waals surface area contributed by atoms with Gasteiger partial charge in [-0.25, -0.2) is 9.18 Å². The maximum absolute atomic E-state index is 12.6. The van der Waals surface area contributed by atoms with Crippen molar-refractivity contribution in [1.82, 2.24) is 9.97 Å². The summed E-state index contributed by atoms with van der Waals surface area (Å²) in [6.45, 7) is 2.30. The molecular formula is C15H12FN3O3. The molecule has 0 unspecified atom stereocenters. The first kappa shape index (κ1) is 15.3. The Bertz CT molecular complexity index is 637. The van der Waals surface area contributed by atoms with Crippen molar-refractivity contribution in [1.29, 1.82) is 0 Å². The topological polar surface area (TPSA) is 72.4 Å². The second-order valence-corrected chi connectivity index (χ2v) is 4.14. The Balaban J connectivity index is 2.31. The molecule has 0 aliphatic heterocycles. The van der Waals surface area contributed by atoms with Crippen LogP contribution >= 0.6 is 0 Å². The lowest BCUT2D eigenvalue weighted by molar-refractivity contribution is -0.152. The van der Waals surface area contributed by atoms with E-state index in [1.165, 1.54) is 24.8 Å². The molecule has 0 saturated carbocycles. The van der Waals surface area contributed by atoms with Crippen LogP contribution < -0.4 is 4.90 Å². The van der Waals surface area contributed by atoms with Crippen molar-refractivity contribution in [3.63, 3.8) is 0 Å². The largest absolute Gasteiger partial charge is 0.451 e. The number of hydrogen-bond donors (Lipinski definition) is 0. The number of carbonyl (C=O) groups is 2. The number of nitrogens with zero attached hydrogens (tertiary/aromatic N) is 3. The second-order valence-electron chi connectivity index (χ2n) is 4.14. The Morgan fingerprint density at radius 1 is 1.05 bits per heavy atom. The molecule has 2 aromatic heterocycles. The molecule has 0 spiro atoms. The Labute approximate surface area is 125 Å². The number of pyridine rings is 2. The number of anilines is 2. The third kappa shape index (κ3) is 3.72. The highest BCUT2D eigenvalue weighted by atomic mass is 19.1. The van der Waals surface area contributed by atoms with Crippen molar-refractivity contribution < 1.29 is 18.7 Å². The van der Waals surface area contributed by atoms with Crippen LogP contribution in [-0.2, 0) is 14.3 Å². The summed E-state index contributed by atoms with van der Waals surface area (Å²) in [7, 11) is 0. The number of rotatable bonds is 4. The first-order chi connectivity index (χ1) is 10.6. The van der Waals surface area contributed by atoms with Crippen LogP contribution in [0.3, 0.4) is 0 Å². The van der Waals surface area contributed by atoms with Gasteiger partial charge >= 0.3 is 11.9 Å². The predicted octanol–water partition coefficient (Wildman–Crippen LogP) is 2.17. The lowest BCUT2D eigenvalue weighted by Gasteiger charge is -2.21. The molecule has 22 heavy (non-hydrogen) atoms. The maximum Gasteiger partial charge on any atom is 0.398 e. The summed E-state index contributed by atoms with van der Waals surface area (Å²) in [5.41, 5.74) is 0.837. The van der Waals surface area contributed by atoms with Gasteiger partial charge in [-0.2, -0.15) is 0 Å². The molecule has 0 N–H and O–H groups in total. The summed E-state index contributed by atoms with van der Waals surface area (Å²) < 4.78 is 17.1. The number of ether oxygens (including phenoxy) is 1. The maximum atomic E-state index is 12.6. The van der Waals surface area contributed by atoms with Gasteiger partial charge in [-0.05, 0) is 24.3 Å². The Kier molecular flexibility index (Phi) is 4.92.